The Labute approximate surface area is 141 Å². The van der Waals surface area contributed by atoms with Gasteiger partial charge in [-0.1, -0.05) is 29.8 Å². The molecule has 1 saturated carbocycles. The fourth-order valence-electron chi connectivity index (χ4n) is 4.00. The first-order valence-electron chi connectivity index (χ1n) is 8.42. The Hall–Kier alpha value is -1.10. The van der Waals surface area contributed by atoms with Crippen LogP contribution in [-0.4, -0.2) is 41.7 Å². The second-order valence-electron chi connectivity index (χ2n) is 7.32. The van der Waals surface area contributed by atoms with Gasteiger partial charge in [0.25, 0.3) is 0 Å². The topological polar surface area (TPSA) is 49.8 Å². The Morgan fingerprint density at radius 3 is 2.52 bits per heavy atom. The van der Waals surface area contributed by atoms with E-state index in [1.165, 1.54) is 0 Å². The lowest BCUT2D eigenvalue weighted by Gasteiger charge is -2.39. The molecule has 1 spiro atoms. The number of carbonyl (C=O) groups is 1. The lowest BCUT2D eigenvalue weighted by Crippen LogP contribution is -2.45. The van der Waals surface area contributed by atoms with Crippen LogP contribution in [-0.2, 0) is 15.1 Å². The highest BCUT2D eigenvalue weighted by atomic mass is 35.5. The lowest BCUT2D eigenvalue weighted by atomic mass is 9.84. The van der Waals surface area contributed by atoms with Crippen molar-refractivity contribution in [3.05, 3.63) is 34.9 Å². The summed E-state index contributed by atoms with van der Waals surface area (Å²) in [7, 11) is 0. The first-order valence-corrected chi connectivity index (χ1v) is 8.79. The van der Waals surface area contributed by atoms with Crippen LogP contribution in [0.5, 0.6) is 0 Å². The Balaban J connectivity index is 1.36. The van der Waals surface area contributed by atoms with Gasteiger partial charge in [-0.15, -0.1) is 0 Å². The molecule has 23 heavy (non-hydrogen) atoms. The van der Waals surface area contributed by atoms with Gasteiger partial charge in [-0.3, -0.25) is 9.69 Å². The van der Waals surface area contributed by atoms with Crippen LogP contribution < -0.4 is 0 Å². The third-order valence-corrected chi connectivity index (χ3v) is 6.03. The SMILES string of the molecule is O=C1OC(CN2CCC(O)(c3ccccc3Cl)CC2)CC12CC2. The molecule has 1 aromatic rings. The third-order valence-electron chi connectivity index (χ3n) is 5.70. The number of cyclic esters (lactones) is 1. The maximum atomic E-state index is 11.8. The van der Waals surface area contributed by atoms with Crippen molar-refractivity contribution in [3.8, 4) is 0 Å². The molecular weight excluding hydrogens is 314 g/mol. The van der Waals surface area contributed by atoms with Gasteiger partial charge < -0.3 is 9.84 Å². The second kappa shape index (κ2) is 5.47. The van der Waals surface area contributed by atoms with Crippen molar-refractivity contribution < 1.29 is 14.6 Å². The summed E-state index contributed by atoms with van der Waals surface area (Å²) < 4.78 is 5.53. The van der Waals surface area contributed by atoms with Crippen LogP contribution in [0.1, 0.15) is 37.7 Å². The van der Waals surface area contributed by atoms with Crippen molar-refractivity contribution in [2.75, 3.05) is 19.6 Å². The number of halogens is 1. The van der Waals surface area contributed by atoms with Gasteiger partial charge in [-0.25, -0.2) is 0 Å². The Morgan fingerprint density at radius 1 is 1.22 bits per heavy atom. The molecule has 0 amide bonds. The van der Waals surface area contributed by atoms with E-state index < -0.39 is 5.60 Å². The van der Waals surface area contributed by atoms with E-state index in [2.05, 4.69) is 4.90 Å². The normalized spacial score (nSPS) is 28.8. The van der Waals surface area contributed by atoms with E-state index >= 15 is 0 Å². The van der Waals surface area contributed by atoms with Crippen molar-refractivity contribution in [1.82, 2.24) is 4.90 Å². The molecule has 124 valence electrons. The molecule has 1 aromatic carbocycles. The first-order chi connectivity index (χ1) is 11.0. The number of rotatable bonds is 3. The number of piperidine rings is 1. The molecule has 5 heteroatoms. The fourth-order valence-corrected chi connectivity index (χ4v) is 4.31. The summed E-state index contributed by atoms with van der Waals surface area (Å²) in [5.41, 5.74) is -0.150. The molecule has 1 atom stereocenters. The smallest absolute Gasteiger partial charge is 0.312 e. The molecule has 3 fully saturated rings. The number of benzene rings is 1. The number of aliphatic hydroxyl groups is 1. The Morgan fingerprint density at radius 2 is 1.91 bits per heavy atom. The molecule has 4 nitrogen and oxygen atoms in total. The van der Waals surface area contributed by atoms with Crippen LogP contribution in [0.4, 0.5) is 0 Å². The molecule has 2 saturated heterocycles. The zero-order chi connectivity index (χ0) is 16.1. The van der Waals surface area contributed by atoms with E-state index in [-0.39, 0.29) is 17.5 Å². The van der Waals surface area contributed by atoms with Gasteiger partial charge in [-0.2, -0.15) is 0 Å². The van der Waals surface area contributed by atoms with Crippen LogP contribution in [0.25, 0.3) is 0 Å². The first kappa shape index (κ1) is 15.4. The largest absolute Gasteiger partial charge is 0.461 e. The predicted molar refractivity (Wildman–Crippen MR) is 87.2 cm³/mol. The lowest BCUT2D eigenvalue weighted by molar-refractivity contribution is -0.146. The highest BCUT2D eigenvalue weighted by Gasteiger charge is 2.57. The molecule has 0 bridgehead atoms. The van der Waals surface area contributed by atoms with Gasteiger partial charge in [-0.05, 0) is 31.7 Å². The molecule has 1 N–H and O–H groups in total. The Bertz CT molecular complexity index is 620. The van der Waals surface area contributed by atoms with Gasteiger partial charge in [0.1, 0.15) is 6.10 Å². The molecule has 0 radical (unpaired) electrons. The maximum Gasteiger partial charge on any atom is 0.312 e. The van der Waals surface area contributed by atoms with Crippen LogP contribution in [0.3, 0.4) is 0 Å². The monoisotopic (exact) mass is 335 g/mol. The summed E-state index contributed by atoms with van der Waals surface area (Å²) in [6, 6.07) is 7.53. The van der Waals surface area contributed by atoms with E-state index in [0.717, 1.165) is 44.5 Å². The average molecular weight is 336 g/mol. The zero-order valence-corrected chi connectivity index (χ0v) is 13.9. The molecule has 3 aliphatic rings. The zero-order valence-electron chi connectivity index (χ0n) is 13.1. The van der Waals surface area contributed by atoms with Gasteiger partial charge in [0.15, 0.2) is 0 Å². The van der Waals surface area contributed by atoms with E-state index in [1.54, 1.807) is 0 Å². The van der Waals surface area contributed by atoms with Crippen molar-refractivity contribution in [2.24, 2.45) is 5.41 Å². The molecule has 2 aliphatic heterocycles. The van der Waals surface area contributed by atoms with E-state index in [9.17, 15) is 9.90 Å². The molecule has 4 rings (SSSR count). The molecule has 2 heterocycles. The van der Waals surface area contributed by atoms with E-state index in [4.69, 9.17) is 16.3 Å². The van der Waals surface area contributed by atoms with Gasteiger partial charge >= 0.3 is 5.97 Å². The molecule has 1 unspecified atom stereocenters. The fraction of sp³-hybridized carbons (Fsp3) is 0.611. The van der Waals surface area contributed by atoms with Crippen LogP contribution in [0, 0.1) is 5.41 Å². The summed E-state index contributed by atoms with van der Waals surface area (Å²) in [4.78, 5) is 14.1. The third kappa shape index (κ3) is 2.77. The summed E-state index contributed by atoms with van der Waals surface area (Å²) in [5.74, 6) is 0.00656. The van der Waals surface area contributed by atoms with Crippen molar-refractivity contribution >= 4 is 17.6 Å². The number of likely N-dealkylation sites (tertiary alicyclic amines) is 1. The number of carbonyl (C=O) groups excluding carboxylic acids is 1. The summed E-state index contributed by atoms with van der Waals surface area (Å²) in [5, 5.41) is 11.6. The van der Waals surface area contributed by atoms with Gasteiger partial charge in [0, 0.05) is 36.6 Å². The minimum absolute atomic E-state index is 0.00656. The van der Waals surface area contributed by atoms with Gasteiger partial charge in [0.2, 0.25) is 0 Å². The molecular formula is C18H22ClNO3. The Kier molecular flexibility index (Phi) is 3.67. The van der Waals surface area contributed by atoms with E-state index in [0.29, 0.717) is 17.9 Å². The number of ether oxygens (including phenoxy) is 1. The number of nitrogens with zero attached hydrogens (tertiary/aromatic N) is 1. The summed E-state index contributed by atoms with van der Waals surface area (Å²) in [6.07, 6.45) is 4.20. The van der Waals surface area contributed by atoms with Gasteiger partial charge in [0.05, 0.1) is 11.0 Å². The number of esters is 1. The average Bonchev–Trinajstić information content (AvgIpc) is 3.24. The standard InChI is InChI=1S/C18H22ClNO3/c19-15-4-2-1-3-14(15)18(22)7-9-20(10-8-18)12-13-11-17(5-6-17)16(21)23-13/h1-4,13,22H,5-12H2. The van der Waals surface area contributed by atoms with E-state index in [1.807, 2.05) is 24.3 Å². The van der Waals surface area contributed by atoms with Crippen molar-refractivity contribution in [1.29, 1.82) is 0 Å². The number of hydrogen-bond donors (Lipinski definition) is 1. The minimum atomic E-state index is -0.848. The molecule has 0 aromatic heterocycles. The molecule has 1 aliphatic carbocycles. The van der Waals surface area contributed by atoms with Crippen LogP contribution >= 0.6 is 11.6 Å². The minimum Gasteiger partial charge on any atom is -0.461 e. The van der Waals surface area contributed by atoms with Crippen LogP contribution in [0.15, 0.2) is 24.3 Å². The van der Waals surface area contributed by atoms with Crippen molar-refractivity contribution in [3.63, 3.8) is 0 Å². The highest BCUT2D eigenvalue weighted by molar-refractivity contribution is 6.31. The predicted octanol–water partition coefficient (Wildman–Crippen LogP) is 2.72. The maximum absolute atomic E-state index is 11.8. The van der Waals surface area contributed by atoms with Crippen molar-refractivity contribution in [2.45, 2.75) is 43.8 Å². The second-order valence-corrected chi connectivity index (χ2v) is 7.73. The number of hydrogen-bond acceptors (Lipinski definition) is 4. The summed E-state index contributed by atoms with van der Waals surface area (Å²) >= 11 is 6.24. The summed E-state index contributed by atoms with van der Waals surface area (Å²) in [6.45, 7) is 2.37. The highest BCUT2D eigenvalue weighted by Crippen LogP contribution is 2.54. The van der Waals surface area contributed by atoms with Crippen LogP contribution in [0.2, 0.25) is 5.02 Å². The quantitative estimate of drug-likeness (QED) is 0.863.